The van der Waals surface area contributed by atoms with Crippen molar-refractivity contribution in [3.63, 3.8) is 0 Å². The Morgan fingerprint density at radius 2 is 2.35 bits per heavy atom. The fourth-order valence-electron chi connectivity index (χ4n) is 1.59. The number of ether oxygens (including phenoxy) is 1. The number of piperazine rings is 1. The number of carbonyl (C=O) groups excluding carboxylic acids is 2. The zero-order chi connectivity index (χ0) is 12.3. The van der Waals surface area contributed by atoms with Crippen LogP contribution in [0.15, 0.2) is 12.4 Å². The summed E-state index contributed by atoms with van der Waals surface area (Å²) in [4.78, 5) is 24.3. The quantitative estimate of drug-likeness (QED) is 0.729. The van der Waals surface area contributed by atoms with Gasteiger partial charge in [0.15, 0.2) is 0 Å². The minimum absolute atomic E-state index is 0.0437. The minimum Gasteiger partial charge on any atom is -0.383 e. The number of amides is 2. The van der Waals surface area contributed by atoms with Gasteiger partial charge in [0.25, 0.3) is 0 Å². The van der Waals surface area contributed by atoms with E-state index in [-0.39, 0.29) is 24.9 Å². The molecule has 92 valence electrons. The van der Waals surface area contributed by atoms with Gasteiger partial charge in [0.05, 0.1) is 31.6 Å². The summed E-state index contributed by atoms with van der Waals surface area (Å²) in [7, 11) is 1.61. The van der Waals surface area contributed by atoms with Crippen LogP contribution in [0.2, 0.25) is 0 Å². The molecule has 0 aromatic carbocycles. The summed E-state index contributed by atoms with van der Waals surface area (Å²) in [5.74, 6) is -0.287. The molecule has 0 aliphatic carbocycles. The van der Waals surface area contributed by atoms with Gasteiger partial charge in [0.1, 0.15) is 6.54 Å². The molecule has 2 heterocycles. The highest BCUT2D eigenvalue weighted by Crippen LogP contribution is 2.14. The lowest BCUT2D eigenvalue weighted by molar-refractivity contribution is -0.128. The van der Waals surface area contributed by atoms with E-state index in [0.29, 0.717) is 18.8 Å². The summed E-state index contributed by atoms with van der Waals surface area (Å²) < 4.78 is 6.61. The third-order valence-corrected chi connectivity index (χ3v) is 2.50. The van der Waals surface area contributed by atoms with E-state index in [4.69, 9.17) is 4.74 Å². The fourth-order valence-corrected chi connectivity index (χ4v) is 1.59. The number of carbonyl (C=O) groups is 2. The van der Waals surface area contributed by atoms with Gasteiger partial charge in [-0.3, -0.25) is 19.2 Å². The van der Waals surface area contributed by atoms with E-state index in [2.05, 4.69) is 10.4 Å². The second-order valence-corrected chi connectivity index (χ2v) is 3.71. The molecule has 1 aliphatic heterocycles. The van der Waals surface area contributed by atoms with Crippen molar-refractivity contribution in [3.8, 4) is 0 Å². The molecular formula is C10H14N4O3. The molecule has 0 atom stereocenters. The molecule has 0 radical (unpaired) electrons. The molecule has 1 aliphatic rings. The first-order valence-electron chi connectivity index (χ1n) is 5.29. The van der Waals surface area contributed by atoms with Crippen LogP contribution in [0.25, 0.3) is 0 Å². The summed E-state index contributed by atoms with van der Waals surface area (Å²) in [5, 5.41) is 6.59. The van der Waals surface area contributed by atoms with Crippen molar-refractivity contribution < 1.29 is 14.3 Å². The fraction of sp³-hybridized carbons (Fsp3) is 0.500. The molecular weight excluding hydrogens is 224 g/mol. The number of anilines is 1. The third-order valence-electron chi connectivity index (χ3n) is 2.50. The predicted octanol–water partition coefficient (Wildman–Crippen LogP) is -1.01. The zero-order valence-corrected chi connectivity index (χ0v) is 9.55. The van der Waals surface area contributed by atoms with Gasteiger partial charge in [0, 0.05) is 13.3 Å². The van der Waals surface area contributed by atoms with Gasteiger partial charge >= 0.3 is 0 Å². The lowest BCUT2D eigenvalue weighted by Crippen LogP contribution is -2.51. The van der Waals surface area contributed by atoms with Crippen LogP contribution in [-0.2, 0) is 20.9 Å². The Kier molecular flexibility index (Phi) is 3.38. The molecule has 2 amide bonds. The molecule has 1 aromatic heterocycles. The zero-order valence-electron chi connectivity index (χ0n) is 9.55. The van der Waals surface area contributed by atoms with Crippen molar-refractivity contribution in [1.82, 2.24) is 15.1 Å². The molecule has 1 saturated heterocycles. The maximum atomic E-state index is 11.6. The Morgan fingerprint density at radius 3 is 3.12 bits per heavy atom. The summed E-state index contributed by atoms with van der Waals surface area (Å²) in [6.07, 6.45) is 3.31. The van der Waals surface area contributed by atoms with Crippen LogP contribution in [0, 0.1) is 0 Å². The van der Waals surface area contributed by atoms with Crippen molar-refractivity contribution in [1.29, 1.82) is 0 Å². The van der Waals surface area contributed by atoms with Crippen LogP contribution in [-0.4, -0.2) is 48.4 Å². The number of rotatable bonds is 4. The van der Waals surface area contributed by atoms with Crippen LogP contribution in [0.1, 0.15) is 0 Å². The summed E-state index contributed by atoms with van der Waals surface area (Å²) >= 11 is 0. The highest BCUT2D eigenvalue weighted by atomic mass is 16.5. The summed E-state index contributed by atoms with van der Waals surface area (Å²) in [6.45, 7) is 1.26. The van der Waals surface area contributed by atoms with Crippen LogP contribution in [0.3, 0.4) is 0 Å². The van der Waals surface area contributed by atoms with Crippen molar-refractivity contribution in [3.05, 3.63) is 12.4 Å². The van der Waals surface area contributed by atoms with E-state index in [1.807, 2.05) is 0 Å². The van der Waals surface area contributed by atoms with Gasteiger partial charge in [-0.2, -0.15) is 5.10 Å². The number of aromatic nitrogens is 2. The SMILES string of the molecule is COCCn1cc(N2CC(=O)NCC2=O)cn1. The molecule has 0 unspecified atom stereocenters. The topological polar surface area (TPSA) is 76.5 Å². The number of hydrogen-bond donors (Lipinski definition) is 1. The van der Waals surface area contributed by atoms with Gasteiger partial charge < -0.3 is 10.1 Å². The molecule has 7 heteroatoms. The second-order valence-electron chi connectivity index (χ2n) is 3.71. The van der Waals surface area contributed by atoms with Crippen molar-refractivity contribution in [2.75, 3.05) is 31.7 Å². The van der Waals surface area contributed by atoms with Gasteiger partial charge in [-0.05, 0) is 0 Å². The standard InChI is InChI=1S/C10H14N4O3/c1-17-3-2-13-6-8(4-12-13)14-7-9(15)11-5-10(14)16/h4,6H,2-3,5,7H2,1H3,(H,11,15). The molecule has 1 N–H and O–H groups in total. The van der Waals surface area contributed by atoms with Crippen molar-refractivity contribution >= 4 is 17.5 Å². The first kappa shape index (κ1) is 11.6. The van der Waals surface area contributed by atoms with Crippen LogP contribution >= 0.6 is 0 Å². The maximum absolute atomic E-state index is 11.6. The normalized spacial score (nSPS) is 16.2. The number of nitrogens with one attached hydrogen (secondary N) is 1. The van der Waals surface area contributed by atoms with Crippen molar-refractivity contribution in [2.45, 2.75) is 6.54 Å². The van der Waals surface area contributed by atoms with Gasteiger partial charge in [-0.15, -0.1) is 0 Å². The highest BCUT2D eigenvalue weighted by Gasteiger charge is 2.25. The Bertz CT molecular complexity index is 429. The maximum Gasteiger partial charge on any atom is 0.246 e. The second kappa shape index (κ2) is 4.96. The Balaban J connectivity index is 2.07. The Hall–Kier alpha value is -1.89. The molecule has 1 fully saturated rings. The highest BCUT2D eigenvalue weighted by molar-refractivity contribution is 6.04. The van der Waals surface area contributed by atoms with Crippen molar-refractivity contribution in [2.24, 2.45) is 0 Å². The molecule has 0 spiro atoms. The van der Waals surface area contributed by atoms with E-state index in [9.17, 15) is 9.59 Å². The lowest BCUT2D eigenvalue weighted by Gasteiger charge is -2.24. The lowest BCUT2D eigenvalue weighted by atomic mass is 10.3. The molecule has 17 heavy (non-hydrogen) atoms. The van der Waals surface area contributed by atoms with Gasteiger partial charge in [-0.25, -0.2) is 0 Å². The van der Waals surface area contributed by atoms with Crippen LogP contribution in [0.4, 0.5) is 5.69 Å². The molecule has 7 nitrogen and oxygen atoms in total. The summed E-state index contributed by atoms with van der Waals surface area (Å²) in [5.41, 5.74) is 0.640. The molecule has 0 bridgehead atoms. The third kappa shape index (κ3) is 2.62. The van der Waals surface area contributed by atoms with Crippen LogP contribution < -0.4 is 10.2 Å². The molecule has 1 aromatic rings. The summed E-state index contributed by atoms with van der Waals surface area (Å²) in [6, 6.07) is 0. The number of hydrogen-bond acceptors (Lipinski definition) is 4. The number of methoxy groups -OCH3 is 1. The first-order chi connectivity index (χ1) is 8.20. The largest absolute Gasteiger partial charge is 0.383 e. The monoisotopic (exact) mass is 238 g/mol. The molecule has 0 saturated carbocycles. The predicted molar refractivity (Wildman–Crippen MR) is 59.5 cm³/mol. The molecule has 2 rings (SSSR count). The van der Waals surface area contributed by atoms with E-state index >= 15 is 0 Å². The van der Waals surface area contributed by atoms with Crippen LogP contribution in [0.5, 0.6) is 0 Å². The minimum atomic E-state index is -0.158. The number of nitrogens with zero attached hydrogens (tertiary/aromatic N) is 3. The van der Waals surface area contributed by atoms with E-state index in [0.717, 1.165) is 0 Å². The van der Waals surface area contributed by atoms with Gasteiger partial charge in [-0.1, -0.05) is 0 Å². The van der Waals surface area contributed by atoms with E-state index in [1.54, 1.807) is 24.2 Å². The van der Waals surface area contributed by atoms with E-state index < -0.39 is 0 Å². The Morgan fingerprint density at radius 1 is 1.53 bits per heavy atom. The van der Waals surface area contributed by atoms with Gasteiger partial charge in [0.2, 0.25) is 11.8 Å². The average Bonchev–Trinajstić information content (AvgIpc) is 2.78. The van der Waals surface area contributed by atoms with E-state index in [1.165, 1.54) is 4.90 Å². The average molecular weight is 238 g/mol. The first-order valence-corrected chi connectivity index (χ1v) is 5.29. The Labute approximate surface area is 98.3 Å². The smallest absolute Gasteiger partial charge is 0.246 e.